The molecule has 2 atom stereocenters. The largest absolute Gasteiger partial charge is 0.373 e. The lowest BCUT2D eigenvalue weighted by atomic mass is 10.00. The number of nitrogens with zero attached hydrogens (tertiary/aromatic N) is 1. The molecule has 2 unspecified atom stereocenters. The number of rotatable bonds is 5. The minimum absolute atomic E-state index is 0.118. The van der Waals surface area contributed by atoms with Gasteiger partial charge in [0.25, 0.3) is 10.2 Å². The molecule has 0 spiro atoms. The summed E-state index contributed by atoms with van der Waals surface area (Å²) < 4.78 is 36.0. The van der Waals surface area contributed by atoms with Crippen molar-refractivity contribution in [2.75, 3.05) is 13.1 Å². The molecule has 3 rings (SSSR count). The van der Waals surface area contributed by atoms with Crippen molar-refractivity contribution in [3.05, 3.63) is 71.8 Å². The summed E-state index contributed by atoms with van der Waals surface area (Å²) in [5, 5.41) is 0. The fourth-order valence-corrected chi connectivity index (χ4v) is 4.70. The average Bonchev–Trinajstić information content (AvgIpc) is 2.60. The SMILES string of the molecule is CC1CN(S(=O)(=O)NC(c2ccccc2)c2ccccc2)CC(C)O1. The van der Waals surface area contributed by atoms with Gasteiger partial charge in [-0.15, -0.1) is 0 Å². The van der Waals surface area contributed by atoms with Crippen LogP contribution in [0, 0.1) is 0 Å². The van der Waals surface area contributed by atoms with Gasteiger partial charge in [-0.1, -0.05) is 60.7 Å². The van der Waals surface area contributed by atoms with Gasteiger partial charge in [0.15, 0.2) is 0 Å². The Labute approximate surface area is 149 Å². The van der Waals surface area contributed by atoms with Crippen LogP contribution in [0.4, 0.5) is 0 Å². The summed E-state index contributed by atoms with van der Waals surface area (Å²) in [6.07, 6.45) is -0.237. The molecule has 0 aromatic heterocycles. The molecule has 2 aromatic carbocycles. The number of hydrogen-bond donors (Lipinski definition) is 1. The van der Waals surface area contributed by atoms with Crippen LogP contribution in [0.1, 0.15) is 31.0 Å². The second kappa shape index (κ2) is 7.66. The van der Waals surface area contributed by atoms with E-state index >= 15 is 0 Å². The molecular weight excluding hydrogens is 336 g/mol. The molecule has 1 aliphatic heterocycles. The summed E-state index contributed by atoms with van der Waals surface area (Å²) in [6, 6.07) is 18.8. The first-order valence-electron chi connectivity index (χ1n) is 8.48. The van der Waals surface area contributed by atoms with Crippen LogP contribution in [0.25, 0.3) is 0 Å². The standard InChI is InChI=1S/C19H24N2O3S/c1-15-13-21(14-16(2)24-15)25(22,23)20-19(17-9-5-3-6-10-17)18-11-7-4-8-12-18/h3-12,15-16,19-20H,13-14H2,1-2H3. The monoisotopic (exact) mass is 360 g/mol. The van der Waals surface area contributed by atoms with Gasteiger partial charge >= 0.3 is 0 Å². The normalized spacial score (nSPS) is 22.2. The van der Waals surface area contributed by atoms with E-state index in [1.54, 1.807) is 0 Å². The van der Waals surface area contributed by atoms with Gasteiger partial charge in [-0.25, -0.2) is 0 Å². The zero-order chi connectivity index (χ0) is 17.9. The Hall–Kier alpha value is -1.73. The van der Waals surface area contributed by atoms with Crippen LogP contribution in [0.15, 0.2) is 60.7 Å². The zero-order valence-corrected chi connectivity index (χ0v) is 15.3. The Balaban J connectivity index is 1.90. The van der Waals surface area contributed by atoms with E-state index in [2.05, 4.69) is 4.72 Å². The van der Waals surface area contributed by atoms with Crippen LogP contribution in [0.5, 0.6) is 0 Å². The van der Waals surface area contributed by atoms with E-state index < -0.39 is 16.3 Å². The Morgan fingerprint density at radius 1 is 0.920 bits per heavy atom. The molecular formula is C19H24N2O3S. The second-order valence-electron chi connectivity index (χ2n) is 6.45. The first kappa shape index (κ1) is 18.1. The Kier molecular flexibility index (Phi) is 5.54. The van der Waals surface area contributed by atoms with E-state index in [1.807, 2.05) is 74.5 Å². The van der Waals surface area contributed by atoms with E-state index in [-0.39, 0.29) is 12.2 Å². The van der Waals surface area contributed by atoms with E-state index in [0.29, 0.717) is 13.1 Å². The summed E-state index contributed by atoms with van der Waals surface area (Å²) in [5.74, 6) is 0. The van der Waals surface area contributed by atoms with Gasteiger partial charge in [0.1, 0.15) is 0 Å². The van der Waals surface area contributed by atoms with E-state index in [1.165, 1.54) is 4.31 Å². The molecule has 1 heterocycles. The summed E-state index contributed by atoms with van der Waals surface area (Å²) in [5.41, 5.74) is 1.82. The molecule has 1 aliphatic rings. The first-order chi connectivity index (χ1) is 12.0. The van der Waals surface area contributed by atoms with Crippen LogP contribution in [0.3, 0.4) is 0 Å². The van der Waals surface area contributed by atoms with Crippen molar-refractivity contribution in [1.29, 1.82) is 0 Å². The fourth-order valence-electron chi connectivity index (χ4n) is 3.17. The highest BCUT2D eigenvalue weighted by atomic mass is 32.2. The molecule has 1 saturated heterocycles. The molecule has 0 bridgehead atoms. The molecule has 0 aliphatic carbocycles. The highest BCUT2D eigenvalue weighted by Crippen LogP contribution is 2.24. The third-order valence-corrected chi connectivity index (χ3v) is 5.77. The van der Waals surface area contributed by atoms with Gasteiger partial charge in [-0.05, 0) is 25.0 Å². The Morgan fingerprint density at radius 2 is 1.36 bits per heavy atom. The van der Waals surface area contributed by atoms with Crippen molar-refractivity contribution in [3.63, 3.8) is 0 Å². The van der Waals surface area contributed by atoms with Crippen molar-refractivity contribution >= 4 is 10.2 Å². The minimum atomic E-state index is -3.64. The summed E-state index contributed by atoms with van der Waals surface area (Å²) in [7, 11) is -3.64. The highest BCUT2D eigenvalue weighted by Gasteiger charge is 2.33. The molecule has 0 saturated carbocycles. The van der Waals surface area contributed by atoms with Crippen molar-refractivity contribution in [1.82, 2.24) is 9.03 Å². The van der Waals surface area contributed by atoms with Gasteiger partial charge < -0.3 is 4.74 Å². The molecule has 25 heavy (non-hydrogen) atoms. The minimum Gasteiger partial charge on any atom is -0.373 e. The number of nitrogens with one attached hydrogen (secondary N) is 1. The van der Waals surface area contributed by atoms with E-state index in [9.17, 15) is 8.42 Å². The van der Waals surface area contributed by atoms with Gasteiger partial charge in [-0.3, -0.25) is 0 Å². The first-order valence-corrected chi connectivity index (χ1v) is 9.92. The molecule has 134 valence electrons. The quantitative estimate of drug-likeness (QED) is 0.892. The van der Waals surface area contributed by atoms with Crippen molar-refractivity contribution in [2.24, 2.45) is 0 Å². The van der Waals surface area contributed by atoms with Crippen LogP contribution < -0.4 is 4.72 Å². The number of benzene rings is 2. The van der Waals surface area contributed by atoms with Crippen molar-refractivity contribution < 1.29 is 13.2 Å². The molecule has 0 radical (unpaired) electrons. The predicted molar refractivity (Wildman–Crippen MR) is 98.4 cm³/mol. The number of morpholine rings is 1. The number of ether oxygens (including phenoxy) is 1. The summed E-state index contributed by atoms with van der Waals surface area (Å²) in [6.45, 7) is 4.50. The zero-order valence-electron chi connectivity index (χ0n) is 14.5. The van der Waals surface area contributed by atoms with Gasteiger partial charge in [0.05, 0.1) is 18.2 Å². The fraction of sp³-hybridized carbons (Fsp3) is 0.368. The lowest BCUT2D eigenvalue weighted by molar-refractivity contribution is -0.0444. The topological polar surface area (TPSA) is 58.6 Å². The molecule has 6 heteroatoms. The van der Waals surface area contributed by atoms with Gasteiger partial charge in [0.2, 0.25) is 0 Å². The average molecular weight is 360 g/mol. The third kappa shape index (κ3) is 4.46. The maximum atomic E-state index is 13.0. The van der Waals surface area contributed by atoms with E-state index in [4.69, 9.17) is 4.74 Å². The second-order valence-corrected chi connectivity index (χ2v) is 8.15. The summed E-state index contributed by atoms with van der Waals surface area (Å²) in [4.78, 5) is 0. The van der Waals surface area contributed by atoms with Crippen molar-refractivity contribution in [3.8, 4) is 0 Å². The maximum absolute atomic E-state index is 13.0. The smallest absolute Gasteiger partial charge is 0.280 e. The Bertz CT molecular complexity index is 731. The number of hydrogen-bond acceptors (Lipinski definition) is 3. The van der Waals surface area contributed by atoms with Crippen LogP contribution in [-0.2, 0) is 14.9 Å². The third-order valence-electron chi connectivity index (χ3n) is 4.26. The van der Waals surface area contributed by atoms with Gasteiger partial charge in [-0.2, -0.15) is 17.4 Å². The maximum Gasteiger partial charge on any atom is 0.280 e. The lowest BCUT2D eigenvalue weighted by Crippen LogP contribution is -2.52. The predicted octanol–water partition coefficient (Wildman–Crippen LogP) is 2.72. The van der Waals surface area contributed by atoms with Crippen LogP contribution in [-0.4, -0.2) is 38.0 Å². The summed E-state index contributed by atoms with van der Waals surface area (Å²) >= 11 is 0. The molecule has 1 N–H and O–H groups in total. The Morgan fingerprint density at radius 3 is 1.80 bits per heavy atom. The molecule has 5 nitrogen and oxygen atoms in total. The van der Waals surface area contributed by atoms with Crippen LogP contribution >= 0.6 is 0 Å². The lowest BCUT2D eigenvalue weighted by Gasteiger charge is -2.35. The highest BCUT2D eigenvalue weighted by molar-refractivity contribution is 7.87. The molecule has 0 amide bonds. The van der Waals surface area contributed by atoms with Gasteiger partial charge in [0, 0.05) is 13.1 Å². The van der Waals surface area contributed by atoms with E-state index in [0.717, 1.165) is 11.1 Å². The molecule has 1 fully saturated rings. The van der Waals surface area contributed by atoms with Crippen molar-refractivity contribution in [2.45, 2.75) is 32.1 Å². The molecule has 2 aromatic rings. The van der Waals surface area contributed by atoms with Crippen LogP contribution in [0.2, 0.25) is 0 Å².